The molecule has 1 saturated heterocycles. The minimum atomic E-state index is -1.83. The monoisotopic (exact) mass is 663 g/mol. The Hall–Kier alpha value is -5.65. The maximum absolute atomic E-state index is 13.3. The van der Waals surface area contributed by atoms with E-state index in [0.717, 1.165) is 21.8 Å². The van der Waals surface area contributed by atoms with Gasteiger partial charge >= 0.3 is 12.0 Å². The van der Waals surface area contributed by atoms with Crippen molar-refractivity contribution < 1.29 is 43.3 Å². The molecular formula is C29H29N9O8S. The van der Waals surface area contributed by atoms with Crippen LogP contribution in [0.2, 0.25) is 0 Å². The van der Waals surface area contributed by atoms with Gasteiger partial charge in [-0.05, 0) is 19.4 Å². The lowest BCUT2D eigenvalue weighted by atomic mass is 10.0. The Morgan fingerprint density at radius 1 is 1.30 bits per heavy atom. The third kappa shape index (κ3) is 5.78. The van der Waals surface area contributed by atoms with Gasteiger partial charge in [-0.1, -0.05) is 40.6 Å². The highest BCUT2D eigenvalue weighted by atomic mass is 32.2. The fourth-order valence-electron chi connectivity index (χ4n) is 5.31. The van der Waals surface area contributed by atoms with Crippen LogP contribution in [-0.4, -0.2) is 79.4 Å². The maximum atomic E-state index is 13.3. The van der Waals surface area contributed by atoms with Crippen LogP contribution in [0.25, 0.3) is 0 Å². The van der Waals surface area contributed by atoms with E-state index in [1.54, 1.807) is 0 Å². The lowest BCUT2D eigenvalue weighted by Gasteiger charge is -2.50. The van der Waals surface area contributed by atoms with Crippen molar-refractivity contribution in [1.82, 2.24) is 20.4 Å². The number of nitrogens with one attached hydrogen (secondary N) is 2. The Bertz CT molecular complexity index is 1840. The van der Waals surface area contributed by atoms with E-state index in [-0.39, 0.29) is 24.2 Å². The first kappa shape index (κ1) is 31.3. The van der Waals surface area contributed by atoms with Gasteiger partial charge in [-0.15, -0.1) is 11.8 Å². The Balaban J connectivity index is 1.19. The molecule has 0 spiro atoms. The first-order valence-corrected chi connectivity index (χ1v) is 15.3. The summed E-state index contributed by atoms with van der Waals surface area (Å²) in [4.78, 5) is 62.4. The zero-order valence-electron chi connectivity index (χ0n) is 25.2. The second-order valence-electron chi connectivity index (χ2n) is 11.4. The summed E-state index contributed by atoms with van der Waals surface area (Å²) in [5.74, 6) is -4.78. The van der Waals surface area contributed by atoms with Gasteiger partial charge in [0.15, 0.2) is 18.9 Å². The molecule has 2 aromatic heterocycles. The number of thioether (sulfide) groups is 1. The van der Waals surface area contributed by atoms with Crippen molar-refractivity contribution in [1.29, 1.82) is 0 Å². The quantitative estimate of drug-likeness (QED) is 0.0899. The summed E-state index contributed by atoms with van der Waals surface area (Å²) in [6, 6.07) is 10.3. The predicted octanol–water partition coefficient (Wildman–Crippen LogP) is -0.812. The Morgan fingerprint density at radius 2 is 2.04 bits per heavy atom. The molecule has 18 heteroatoms. The van der Waals surface area contributed by atoms with Crippen LogP contribution in [0, 0.1) is 0 Å². The van der Waals surface area contributed by atoms with Crippen LogP contribution < -0.4 is 30.9 Å². The predicted molar refractivity (Wildman–Crippen MR) is 163 cm³/mol. The fourth-order valence-corrected chi connectivity index (χ4v) is 6.65. The number of aliphatic carboxylic acids is 2. The molecule has 3 aliphatic heterocycles. The summed E-state index contributed by atoms with van der Waals surface area (Å²) >= 11 is 1.26. The average molecular weight is 664 g/mol. The number of hydrogen-bond acceptors (Lipinski definition) is 14. The van der Waals surface area contributed by atoms with Gasteiger partial charge in [-0.3, -0.25) is 14.5 Å². The van der Waals surface area contributed by atoms with E-state index in [4.69, 9.17) is 15.1 Å². The van der Waals surface area contributed by atoms with E-state index in [0.29, 0.717) is 5.57 Å². The Labute approximate surface area is 271 Å². The third-order valence-electron chi connectivity index (χ3n) is 7.82. The minimum absolute atomic E-state index is 0.0740. The lowest BCUT2D eigenvalue weighted by Crippen LogP contribution is -2.71. The average Bonchev–Trinajstić information content (AvgIpc) is 3.62. The lowest BCUT2D eigenvalue weighted by molar-refractivity contribution is -0.688. The number of carbonyl (C=O) groups excluding carboxylic acids is 3. The van der Waals surface area contributed by atoms with Gasteiger partial charge in [0.05, 0.1) is 17.4 Å². The number of carboxylic acids is 2. The van der Waals surface area contributed by atoms with Crippen molar-refractivity contribution >= 4 is 58.6 Å². The summed E-state index contributed by atoms with van der Waals surface area (Å²) < 4.78 is 6.53. The number of β-lactam (4-membered cyclic amide) rings is 1. The highest BCUT2D eigenvalue weighted by Crippen LogP contribution is 2.41. The summed E-state index contributed by atoms with van der Waals surface area (Å²) in [6.07, 6.45) is 3.64. The number of fused-ring (bicyclic) bond motifs is 2. The molecule has 1 fully saturated rings. The maximum Gasteiger partial charge on any atom is 0.350 e. The van der Waals surface area contributed by atoms with Crippen molar-refractivity contribution in [3.8, 4) is 0 Å². The van der Waals surface area contributed by atoms with Gasteiger partial charge < -0.3 is 45.6 Å². The normalized spacial score (nSPS) is 20.6. The molecule has 2 amide bonds. The largest absolute Gasteiger partial charge is 0.543 e. The number of benzene rings is 1. The molecule has 47 heavy (non-hydrogen) atoms. The van der Waals surface area contributed by atoms with Crippen molar-refractivity contribution in [3.05, 3.63) is 71.4 Å². The molecule has 6 rings (SSSR count). The Kier molecular flexibility index (Phi) is 7.96. The molecule has 0 bridgehead atoms. The van der Waals surface area contributed by atoms with Crippen LogP contribution in [0.5, 0.6) is 0 Å². The van der Waals surface area contributed by atoms with E-state index in [2.05, 4.69) is 30.8 Å². The van der Waals surface area contributed by atoms with Crippen molar-refractivity contribution in [2.45, 2.75) is 43.6 Å². The van der Waals surface area contributed by atoms with Crippen LogP contribution in [0.4, 0.5) is 17.4 Å². The molecular weight excluding hydrogens is 634 g/mol. The zero-order chi connectivity index (χ0) is 33.6. The third-order valence-corrected chi connectivity index (χ3v) is 9.16. The molecule has 1 aromatic carbocycles. The number of oxime groups is 1. The number of carboxylic acid groups (broad SMARTS) is 2. The van der Waals surface area contributed by atoms with Crippen LogP contribution in [-0.2, 0) is 30.6 Å². The van der Waals surface area contributed by atoms with Gasteiger partial charge in [-0.2, -0.15) is 9.55 Å². The minimum Gasteiger partial charge on any atom is -0.543 e. The van der Waals surface area contributed by atoms with Gasteiger partial charge in [0, 0.05) is 24.4 Å². The number of rotatable bonds is 10. The molecule has 17 nitrogen and oxygen atoms in total. The summed E-state index contributed by atoms with van der Waals surface area (Å²) in [6.45, 7) is 2.58. The highest BCUT2D eigenvalue weighted by molar-refractivity contribution is 8.00. The van der Waals surface area contributed by atoms with Crippen molar-refractivity contribution in [3.63, 3.8) is 0 Å². The van der Waals surface area contributed by atoms with Crippen LogP contribution in [0.15, 0.2) is 69.7 Å². The number of nitrogens with zero attached hydrogens (tertiary/aromatic N) is 6. The molecule has 3 aromatic rings. The summed E-state index contributed by atoms with van der Waals surface area (Å²) in [5.41, 5.74) is 6.14. The van der Waals surface area contributed by atoms with E-state index < -0.39 is 58.3 Å². The summed E-state index contributed by atoms with van der Waals surface area (Å²) in [7, 11) is 1.98. The number of hydrogen-bond donors (Lipinski definition) is 4. The number of anilines is 3. The SMILES string of the molecule is CN1c2cc[n+](CC3=C(C(=O)[O-])N4C(=O)C(NC(=O)C(=NOC(C)(C)C(=O)O)c5noc(N)n5)[C@H]4SC3)cc2NC1c1ccccc1. The van der Waals surface area contributed by atoms with Crippen LogP contribution in [0.1, 0.15) is 31.4 Å². The van der Waals surface area contributed by atoms with E-state index >= 15 is 0 Å². The molecule has 3 aliphatic rings. The first-order chi connectivity index (χ1) is 22.4. The number of aromatic nitrogens is 3. The first-order valence-electron chi connectivity index (χ1n) is 14.2. The standard InChI is InChI=1S/C29H29N9O8S/c1-29(2,27(43)44)46-34-18(21-33-28(30)45-35-21)23(39)32-19-24(40)38-20(26(41)42)15(13-47-25(19)38)11-37-10-9-17-16(12-37)31-22(36(17)3)14-7-5-4-6-8-14/h4-10,12,19,22,25,31H,11,13H2,1-3H3,(H4-,30,32,33,35,39,41,42,43,44)/t19?,22?,25-/m1/s1. The van der Waals surface area contributed by atoms with Gasteiger partial charge in [-0.25, -0.2) is 4.79 Å². The van der Waals surface area contributed by atoms with Crippen LogP contribution in [0.3, 0.4) is 0 Å². The number of pyridine rings is 1. The van der Waals surface area contributed by atoms with E-state index in [1.165, 1.54) is 25.6 Å². The zero-order valence-corrected chi connectivity index (χ0v) is 26.1. The molecule has 5 heterocycles. The fraction of sp³-hybridized carbons (Fsp3) is 0.310. The number of nitrogens with two attached hydrogens (primary N) is 1. The molecule has 0 aliphatic carbocycles. The highest BCUT2D eigenvalue weighted by Gasteiger charge is 2.53. The second-order valence-corrected chi connectivity index (χ2v) is 12.5. The molecule has 5 N–H and O–H groups in total. The van der Waals surface area contributed by atoms with E-state index in [9.17, 15) is 29.4 Å². The number of carbonyl (C=O) groups is 4. The molecule has 0 saturated carbocycles. The van der Waals surface area contributed by atoms with Crippen molar-refractivity contribution in [2.75, 3.05) is 28.8 Å². The molecule has 244 valence electrons. The van der Waals surface area contributed by atoms with Gasteiger partial charge in [0.1, 0.15) is 23.3 Å². The molecule has 0 radical (unpaired) electrons. The van der Waals surface area contributed by atoms with E-state index in [1.807, 2.05) is 60.4 Å². The van der Waals surface area contributed by atoms with Crippen molar-refractivity contribution in [2.24, 2.45) is 5.16 Å². The number of nitrogen functional groups attached to an aromatic ring is 1. The summed E-state index contributed by atoms with van der Waals surface area (Å²) in [5, 5.41) is 34.1. The van der Waals surface area contributed by atoms with Gasteiger partial charge in [0.2, 0.25) is 17.1 Å². The molecule has 2 unspecified atom stereocenters. The van der Waals surface area contributed by atoms with Gasteiger partial charge in [0.25, 0.3) is 11.8 Å². The Morgan fingerprint density at radius 3 is 2.70 bits per heavy atom. The number of amides is 2. The second kappa shape index (κ2) is 11.9. The van der Waals surface area contributed by atoms with Crippen LogP contribution >= 0.6 is 11.8 Å². The smallest absolute Gasteiger partial charge is 0.350 e. The topological polar surface area (TPSA) is 233 Å². The molecule has 3 atom stereocenters.